The Morgan fingerprint density at radius 3 is 2.33 bits per heavy atom. The Kier molecular flexibility index (Phi) is 7.38. The number of amides is 1. The first-order valence-corrected chi connectivity index (χ1v) is 10.2. The van der Waals surface area contributed by atoms with Crippen LogP contribution in [0.5, 0.6) is 0 Å². The number of nitrogens with zero attached hydrogens (tertiary/aromatic N) is 3. The zero-order valence-corrected chi connectivity index (χ0v) is 17.9. The summed E-state index contributed by atoms with van der Waals surface area (Å²) in [4.78, 5) is 27.5. The van der Waals surface area contributed by atoms with Crippen LogP contribution in [0.3, 0.4) is 0 Å². The topological polar surface area (TPSA) is 96.7 Å². The van der Waals surface area contributed by atoms with Crippen LogP contribution in [-0.2, 0) is 26.4 Å². The molecule has 1 amide bonds. The molecule has 3 heterocycles. The van der Waals surface area contributed by atoms with E-state index in [0.29, 0.717) is 13.1 Å². The number of carboxylic acids is 1. The van der Waals surface area contributed by atoms with Crippen LogP contribution in [0, 0.1) is 5.82 Å². The Labute approximate surface area is 187 Å². The zero-order chi connectivity index (χ0) is 24.2. The first kappa shape index (κ1) is 24.6. The average Bonchev–Trinajstić information content (AvgIpc) is 3.21. The lowest BCUT2D eigenvalue weighted by Gasteiger charge is -2.44. The number of hydrogen-bond acceptors (Lipinski definition) is 5. The summed E-state index contributed by atoms with van der Waals surface area (Å²) in [7, 11) is 1.54. The van der Waals surface area contributed by atoms with Crippen LogP contribution in [0.2, 0.25) is 0 Å². The lowest BCUT2D eigenvalue weighted by Crippen LogP contribution is -2.56. The van der Waals surface area contributed by atoms with Crippen molar-refractivity contribution in [1.82, 2.24) is 19.8 Å². The molecule has 1 aromatic heterocycles. The monoisotopic (exact) mass is 472 g/mol. The third kappa shape index (κ3) is 5.50. The van der Waals surface area contributed by atoms with E-state index in [9.17, 15) is 22.4 Å². The zero-order valence-electron chi connectivity index (χ0n) is 17.9. The van der Waals surface area contributed by atoms with Crippen LogP contribution >= 0.6 is 0 Å². The molecule has 0 bridgehead atoms. The molecule has 0 radical (unpaired) electrons. The largest absolute Gasteiger partial charge is 0.490 e. The van der Waals surface area contributed by atoms with E-state index in [4.69, 9.17) is 19.6 Å². The smallest absolute Gasteiger partial charge is 0.475 e. The number of aliphatic carboxylic acids is 1. The van der Waals surface area contributed by atoms with Gasteiger partial charge in [-0.15, -0.1) is 0 Å². The van der Waals surface area contributed by atoms with Crippen LogP contribution in [0.4, 0.5) is 17.6 Å². The fraction of sp³-hybridized carbons (Fsp3) is 0.476. The van der Waals surface area contributed by atoms with Crippen molar-refractivity contribution in [1.29, 1.82) is 0 Å². The van der Waals surface area contributed by atoms with Crippen molar-refractivity contribution in [3.8, 4) is 11.3 Å². The minimum atomic E-state index is -5.08. The molecular weight excluding hydrogens is 448 g/mol. The molecule has 8 nitrogen and oxygen atoms in total. The maximum Gasteiger partial charge on any atom is 0.490 e. The SMILES string of the molecule is COCC(=O)N1CCC2(CC1)NCCn1c(-c3ccc(F)cc3)cnc12.O=C(O)C(F)(F)F. The van der Waals surface area contributed by atoms with Gasteiger partial charge in [0.25, 0.3) is 0 Å². The molecule has 0 saturated carbocycles. The lowest BCUT2D eigenvalue weighted by molar-refractivity contribution is -0.192. The number of ether oxygens (including phenoxy) is 1. The predicted molar refractivity (Wildman–Crippen MR) is 109 cm³/mol. The number of fused-ring (bicyclic) bond motifs is 2. The number of benzene rings is 1. The molecule has 0 unspecified atom stereocenters. The number of carbonyl (C=O) groups excluding carboxylic acids is 1. The van der Waals surface area contributed by atoms with Gasteiger partial charge in [-0.05, 0) is 42.7 Å². The molecule has 1 aromatic carbocycles. The lowest BCUT2D eigenvalue weighted by atomic mass is 9.85. The molecule has 1 spiro atoms. The van der Waals surface area contributed by atoms with Gasteiger partial charge in [0, 0.05) is 33.3 Å². The first-order valence-electron chi connectivity index (χ1n) is 10.2. The number of alkyl halides is 3. The van der Waals surface area contributed by atoms with Gasteiger partial charge in [-0.25, -0.2) is 14.2 Å². The number of carbonyl (C=O) groups is 2. The van der Waals surface area contributed by atoms with Gasteiger partial charge in [-0.1, -0.05) is 0 Å². The third-order valence-electron chi connectivity index (χ3n) is 5.70. The number of halogens is 4. The van der Waals surface area contributed by atoms with Gasteiger partial charge in [0.2, 0.25) is 5.91 Å². The highest BCUT2D eigenvalue weighted by molar-refractivity contribution is 5.77. The molecule has 1 fully saturated rings. The molecule has 12 heteroatoms. The van der Waals surface area contributed by atoms with Crippen molar-refractivity contribution < 1.29 is 37.0 Å². The fourth-order valence-electron chi connectivity index (χ4n) is 4.07. The number of rotatable bonds is 3. The van der Waals surface area contributed by atoms with Crippen LogP contribution in [0.1, 0.15) is 18.7 Å². The van der Waals surface area contributed by atoms with Crippen molar-refractivity contribution >= 4 is 11.9 Å². The normalized spacial score (nSPS) is 17.2. The van der Waals surface area contributed by atoms with E-state index in [1.165, 1.54) is 12.1 Å². The van der Waals surface area contributed by atoms with E-state index >= 15 is 0 Å². The number of hydrogen-bond donors (Lipinski definition) is 2. The molecule has 33 heavy (non-hydrogen) atoms. The molecule has 1 saturated heterocycles. The minimum Gasteiger partial charge on any atom is -0.475 e. The second-order valence-electron chi connectivity index (χ2n) is 7.75. The van der Waals surface area contributed by atoms with Crippen LogP contribution in [-0.4, -0.2) is 71.0 Å². The number of piperidine rings is 1. The number of nitrogens with one attached hydrogen (secondary N) is 1. The summed E-state index contributed by atoms with van der Waals surface area (Å²) in [6, 6.07) is 6.54. The van der Waals surface area contributed by atoms with E-state index in [-0.39, 0.29) is 23.9 Å². The molecule has 2 N–H and O–H groups in total. The van der Waals surface area contributed by atoms with Gasteiger partial charge in [-0.3, -0.25) is 4.79 Å². The Balaban J connectivity index is 0.000000383. The van der Waals surface area contributed by atoms with E-state index in [1.807, 2.05) is 11.1 Å². The highest BCUT2D eigenvalue weighted by Gasteiger charge is 2.42. The molecule has 0 aliphatic carbocycles. The van der Waals surface area contributed by atoms with E-state index in [1.54, 1.807) is 19.2 Å². The van der Waals surface area contributed by atoms with Gasteiger partial charge >= 0.3 is 12.1 Å². The van der Waals surface area contributed by atoms with Gasteiger partial charge in [0.05, 0.1) is 17.4 Å². The van der Waals surface area contributed by atoms with Gasteiger partial charge in [-0.2, -0.15) is 13.2 Å². The van der Waals surface area contributed by atoms with E-state index < -0.39 is 12.1 Å². The maximum atomic E-state index is 13.2. The van der Waals surface area contributed by atoms with Crippen molar-refractivity contribution in [3.63, 3.8) is 0 Å². The standard InChI is InChI=1S/C19H23FN4O2.C2HF3O2/c1-26-13-17(25)23-9-6-19(7-10-23)18-21-12-16(24(18)11-8-22-19)14-2-4-15(20)5-3-14;3-2(4,5)1(6)7/h2-5,12,22H,6-11,13H2,1H3;(H,6,7). The van der Waals surface area contributed by atoms with Crippen molar-refractivity contribution in [2.75, 3.05) is 33.4 Å². The summed E-state index contributed by atoms with van der Waals surface area (Å²) in [5.41, 5.74) is 1.77. The molecule has 180 valence electrons. The molecule has 2 aliphatic rings. The Morgan fingerprint density at radius 2 is 1.79 bits per heavy atom. The van der Waals surface area contributed by atoms with E-state index in [2.05, 4.69) is 9.88 Å². The summed E-state index contributed by atoms with van der Waals surface area (Å²) >= 11 is 0. The summed E-state index contributed by atoms with van der Waals surface area (Å²) in [6.45, 7) is 3.19. The molecule has 4 rings (SSSR count). The molecule has 2 aromatic rings. The fourth-order valence-corrected chi connectivity index (χ4v) is 4.07. The number of likely N-dealkylation sites (tertiary alicyclic amines) is 1. The summed E-state index contributed by atoms with van der Waals surface area (Å²) in [5, 5.41) is 10.8. The van der Waals surface area contributed by atoms with Gasteiger partial charge in [0.1, 0.15) is 18.2 Å². The van der Waals surface area contributed by atoms with Gasteiger partial charge < -0.3 is 24.6 Å². The Morgan fingerprint density at radius 1 is 1.18 bits per heavy atom. The highest BCUT2D eigenvalue weighted by atomic mass is 19.4. The second-order valence-corrected chi connectivity index (χ2v) is 7.75. The number of methoxy groups -OCH3 is 1. The Bertz CT molecular complexity index is 983. The van der Waals surface area contributed by atoms with Gasteiger partial charge in [0.15, 0.2) is 0 Å². The second kappa shape index (κ2) is 9.87. The number of imidazole rings is 1. The third-order valence-corrected chi connectivity index (χ3v) is 5.70. The van der Waals surface area contributed by atoms with Crippen LogP contribution in [0.15, 0.2) is 30.5 Å². The van der Waals surface area contributed by atoms with Crippen LogP contribution < -0.4 is 5.32 Å². The van der Waals surface area contributed by atoms with Crippen molar-refractivity contribution in [2.45, 2.75) is 31.1 Å². The summed E-state index contributed by atoms with van der Waals surface area (Å²) in [5.74, 6) is -1.94. The minimum absolute atomic E-state index is 0.0357. The molecular formula is C21H24F4N4O4. The number of carboxylic acid groups (broad SMARTS) is 1. The Hall–Kier alpha value is -2.99. The van der Waals surface area contributed by atoms with Crippen molar-refractivity contribution in [3.05, 3.63) is 42.1 Å². The first-order chi connectivity index (χ1) is 15.6. The van der Waals surface area contributed by atoms with Crippen LogP contribution in [0.25, 0.3) is 11.3 Å². The quantitative estimate of drug-likeness (QED) is 0.666. The average molecular weight is 472 g/mol. The highest BCUT2D eigenvalue weighted by Crippen LogP contribution is 2.36. The molecule has 0 atom stereocenters. The maximum absolute atomic E-state index is 13.2. The summed E-state index contributed by atoms with van der Waals surface area (Å²) < 4.78 is 52.2. The summed E-state index contributed by atoms with van der Waals surface area (Å²) in [6.07, 6.45) is -1.57. The predicted octanol–water partition coefficient (Wildman–Crippen LogP) is 2.39. The number of aromatic nitrogens is 2. The van der Waals surface area contributed by atoms with E-state index in [0.717, 1.165) is 43.0 Å². The molecule has 2 aliphatic heterocycles. The van der Waals surface area contributed by atoms with Crippen molar-refractivity contribution in [2.24, 2.45) is 0 Å².